The van der Waals surface area contributed by atoms with Gasteiger partial charge in [0.25, 0.3) is 0 Å². The van der Waals surface area contributed by atoms with E-state index in [1.54, 1.807) is 0 Å². The van der Waals surface area contributed by atoms with E-state index in [1.165, 1.54) is 19.3 Å². The van der Waals surface area contributed by atoms with Crippen molar-refractivity contribution in [3.63, 3.8) is 0 Å². The number of aliphatic hydroxyl groups is 1. The second-order valence-electron chi connectivity index (χ2n) is 7.26. The van der Waals surface area contributed by atoms with E-state index in [0.29, 0.717) is 24.9 Å². The van der Waals surface area contributed by atoms with Crippen LogP contribution in [-0.4, -0.2) is 38.8 Å². The third-order valence-electron chi connectivity index (χ3n) is 5.55. The molecule has 0 aromatic carbocycles. The van der Waals surface area contributed by atoms with E-state index < -0.39 is 21.7 Å². The van der Waals surface area contributed by atoms with Gasteiger partial charge in [-0.2, -0.15) is 17.2 Å². The van der Waals surface area contributed by atoms with Crippen LogP contribution in [0, 0.1) is 23.2 Å². The van der Waals surface area contributed by atoms with Gasteiger partial charge < -0.3 is 9.84 Å². The first kappa shape index (κ1) is 16.5. The molecule has 0 aromatic heterocycles. The Kier molecular flexibility index (Phi) is 4.03. The van der Waals surface area contributed by atoms with Crippen molar-refractivity contribution in [1.82, 2.24) is 0 Å². The van der Waals surface area contributed by atoms with E-state index in [0.717, 1.165) is 19.3 Å². The number of hydrogen-bond acceptors (Lipinski definition) is 5. The van der Waals surface area contributed by atoms with Crippen molar-refractivity contribution in [2.75, 3.05) is 13.7 Å². The van der Waals surface area contributed by atoms with Crippen LogP contribution in [0.3, 0.4) is 0 Å². The van der Waals surface area contributed by atoms with Gasteiger partial charge in [0.1, 0.15) is 0 Å². The summed E-state index contributed by atoms with van der Waals surface area (Å²) >= 11 is 0. The smallest absolute Gasteiger partial charge is 0.362 e. The summed E-state index contributed by atoms with van der Waals surface area (Å²) < 4.78 is 58.4. The molecule has 0 radical (unpaired) electrons. The first-order chi connectivity index (χ1) is 10.2. The molecule has 1 N–H and O–H groups in total. The van der Waals surface area contributed by atoms with Gasteiger partial charge in [0, 0.05) is 0 Å². The Morgan fingerprint density at radius 2 is 1.64 bits per heavy atom. The highest BCUT2D eigenvalue weighted by molar-refractivity contribution is 7.87. The molecule has 0 aliphatic heterocycles. The second-order valence-corrected chi connectivity index (χ2v) is 9.05. The molecule has 4 saturated carbocycles. The summed E-state index contributed by atoms with van der Waals surface area (Å²) in [6, 6.07) is 0. The number of aliphatic hydroxyl groups excluding tert-OH is 1. The molecule has 128 valence electrons. The summed E-state index contributed by atoms with van der Waals surface area (Å²) in [7, 11) is -4.55. The summed E-state index contributed by atoms with van der Waals surface area (Å²) in [5.41, 5.74) is -0.178. The molecule has 4 rings (SSSR count). The molecule has 8 heteroatoms. The number of alkyl halides is 2. The molecule has 1 atom stereocenters. The van der Waals surface area contributed by atoms with Crippen LogP contribution in [0.2, 0.25) is 0 Å². The molecule has 4 aliphatic rings. The average Bonchev–Trinajstić information content (AvgIpc) is 2.43. The summed E-state index contributed by atoms with van der Waals surface area (Å²) in [4.78, 5) is 0. The first-order valence-electron chi connectivity index (χ1n) is 7.65. The van der Waals surface area contributed by atoms with E-state index in [2.05, 4.69) is 4.18 Å². The van der Waals surface area contributed by atoms with Gasteiger partial charge in [0.15, 0.2) is 0 Å². The quantitative estimate of drug-likeness (QED) is 0.592. The standard InChI is InChI=1S/C14H22F2O5S/c1-20-22(18,19)14(15,16)12(17)21-8-13-5-9-2-10(6-13)4-11(3-9)7-13/h9-12,17H,2-8H2,1H3. The van der Waals surface area contributed by atoms with E-state index in [4.69, 9.17) is 4.74 Å². The highest BCUT2D eigenvalue weighted by Gasteiger charge is 2.56. The fourth-order valence-corrected chi connectivity index (χ4v) is 5.59. The van der Waals surface area contributed by atoms with Crippen molar-refractivity contribution in [3.8, 4) is 0 Å². The Morgan fingerprint density at radius 3 is 2.05 bits per heavy atom. The summed E-state index contributed by atoms with van der Waals surface area (Å²) in [6.07, 6.45) is 3.68. The first-order valence-corrected chi connectivity index (χ1v) is 9.06. The Hall–Kier alpha value is -0.310. The van der Waals surface area contributed by atoms with Gasteiger partial charge in [-0.15, -0.1) is 0 Å². The average molecular weight is 340 g/mol. The highest BCUT2D eigenvalue weighted by Crippen LogP contribution is 2.60. The van der Waals surface area contributed by atoms with Crippen LogP contribution in [0.15, 0.2) is 0 Å². The molecule has 5 nitrogen and oxygen atoms in total. The minimum Gasteiger partial charge on any atom is -0.362 e. The fraction of sp³-hybridized carbons (Fsp3) is 1.00. The number of halogens is 2. The normalized spacial score (nSPS) is 39.2. The summed E-state index contributed by atoms with van der Waals surface area (Å²) in [5.74, 6) is 1.86. The molecule has 0 saturated heterocycles. The van der Waals surface area contributed by atoms with Gasteiger partial charge in [0.05, 0.1) is 13.7 Å². The van der Waals surface area contributed by atoms with Gasteiger partial charge in [-0.3, -0.25) is 4.18 Å². The molecular weight excluding hydrogens is 318 g/mol. The van der Waals surface area contributed by atoms with E-state index in [9.17, 15) is 22.3 Å². The number of rotatable bonds is 6. The van der Waals surface area contributed by atoms with Crippen LogP contribution in [0.4, 0.5) is 8.78 Å². The monoisotopic (exact) mass is 340 g/mol. The number of hydrogen-bond donors (Lipinski definition) is 1. The zero-order valence-corrected chi connectivity index (χ0v) is 13.3. The predicted molar refractivity (Wildman–Crippen MR) is 73.4 cm³/mol. The van der Waals surface area contributed by atoms with E-state index in [-0.39, 0.29) is 12.0 Å². The van der Waals surface area contributed by atoms with E-state index in [1.807, 2.05) is 0 Å². The lowest BCUT2D eigenvalue weighted by atomic mass is 9.50. The molecule has 1 unspecified atom stereocenters. The molecule has 4 fully saturated rings. The van der Waals surface area contributed by atoms with Crippen LogP contribution in [-0.2, 0) is 19.0 Å². The third-order valence-corrected chi connectivity index (χ3v) is 6.86. The molecule has 4 aliphatic carbocycles. The lowest BCUT2D eigenvalue weighted by molar-refractivity contribution is -0.224. The van der Waals surface area contributed by atoms with Crippen molar-refractivity contribution >= 4 is 10.1 Å². The topological polar surface area (TPSA) is 72.8 Å². The Labute approximate surface area is 129 Å². The maximum Gasteiger partial charge on any atom is 0.419 e. The Morgan fingerprint density at radius 1 is 1.18 bits per heavy atom. The van der Waals surface area contributed by atoms with Crippen LogP contribution < -0.4 is 0 Å². The Balaban J connectivity index is 1.65. The fourth-order valence-electron chi connectivity index (χ4n) is 5.05. The van der Waals surface area contributed by atoms with Crippen molar-refractivity contribution < 1.29 is 31.2 Å². The molecule has 22 heavy (non-hydrogen) atoms. The van der Waals surface area contributed by atoms with Gasteiger partial charge >= 0.3 is 15.4 Å². The van der Waals surface area contributed by atoms with Crippen LogP contribution >= 0.6 is 0 Å². The highest BCUT2D eigenvalue weighted by atomic mass is 32.2. The lowest BCUT2D eigenvalue weighted by Crippen LogP contribution is -2.50. The number of ether oxygens (including phenoxy) is 1. The van der Waals surface area contributed by atoms with Crippen molar-refractivity contribution in [1.29, 1.82) is 0 Å². The van der Waals surface area contributed by atoms with Crippen molar-refractivity contribution in [3.05, 3.63) is 0 Å². The molecule has 0 spiro atoms. The molecule has 0 aromatic rings. The summed E-state index contributed by atoms with van der Waals surface area (Å²) in [6.45, 7) is -0.0213. The predicted octanol–water partition coefficient (Wildman–Crippen LogP) is 2.11. The molecule has 0 amide bonds. The maximum atomic E-state index is 13.7. The Bertz CT molecular complexity index is 498. The minimum absolute atomic E-state index is 0.0213. The lowest BCUT2D eigenvalue weighted by Gasteiger charge is -2.56. The zero-order chi connectivity index (χ0) is 16.2. The van der Waals surface area contributed by atoms with Gasteiger partial charge in [0.2, 0.25) is 6.29 Å². The van der Waals surface area contributed by atoms with Crippen molar-refractivity contribution in [2.24, 2.45) is 23.2 Å². The molecular formula is C14H22F2O5S. The van der Waals surface area contributed by atoms with Crippen LogP contribution in [0.1, 0.15) is 38.5 Å². The zero-order valence-electron chi connectivity index (χ0n) is 12.5. The summed E-state index contributed by atoms with van der Waals surface area (Å²) in [5, 5.41) is 5.05. The second kappa shape index (κ2) is 5.36. The van der Waals surface area contributed by atoms with Gasteiger partial charge in [-0.25, -0.2) is 0 Å². The van der Waals surface area contributed by atoms with Crippen LogP contribution in [0.25, 0.3) is 0 Å². The SMILES string of the molecule is COS(=O)(=O)C(F)(F)C(O)OCC12CC3CC(CC(C3)C1)C2. The third kappa shape index (κ3) is 2.68. The van der Waals surface area contributed by atoms with Crippen LogP contribution in [0.5, 0.6) is 0 Å². The molecule has 0 heterocycles. The maximum absolute atomic E-state index is 13.7. The van der Waals surface area contributed by atoms with E-state index >= 15 is 0 Å². The van der Waals surface area contributed by atoms with Gasteiger partial charge in [-0.1, -0.05) is 0 Å². The molecule has 4 bridgehead atoms. The van der Waals surface area contributed by atoms with Gasteiger partial charge in [-0.05, 0) is 61.7 Å². The minimum atomic E-state index is -5.18. The largest absolute Gasteiger partial charge is 0.419 e. The van der Waals surface area contributed by atoms with Crippen molar-refractivity contribution in [2.45, 2.75) is 50.1 Å².